The second-order valence-electron chi connectivity index (χ2n) is 5.91. The lowest BCUT2D eigenvalue weighted by atomic mass is 10.1. The van der Waals surface area contributed by atoms with Crippen LogP contribution in [0.1, 0.15) is 41.4 Å². The van der Waals surface area contributed by atoms with E-state index >= 15 is 0 Å². The number of carbonyl (C=O) groups is 2. The van der Waals surface area contributed by atoms with Gasteiger partial charge in [-0.2, -0.15) is 0 Å². The van der Waals surface area contributed by atoms with Gasteiger partial charge in [-0.25, -0.2) is 0 Å². The zero-order chi connectivity index (χ0) is 17.8. The van der Waals surface area contributed by atoms with E-state index in [1.807, 2.05) is 37.3 Å². The summed E-state index contributed by atoms with van der Waals surface area (Å²) >= 11 is 0. The van der Waals surface area contributed by atoms with Crippen LogP contribution in [0.2, 0.25) is 0 Å². The van der Waals surface area contributed by atoms with E-state index in [2.05, 4.69) is 10.6 Å². The number of amides is 2. The van der Waals surface area contributed by atoms with Gasteiger partial charge in [0.1, 0.15) is 0 Å². The zero-order valence-electron chi connectivity index (χ0n) is 14.2. The third-order valence-corrected chi connectivity index (χ3v) is 4.00. The molecule has 0 fully saturated rings. The summed E-state index contributed by atoms with van der Waals surface area (Å²) in [4.78, 5) is 23.3. The van der Waals surface area contributed by atoms with Crippen molar-refractivity contribution in [1.29, 1.82) is 0 Å². The monoisotopic (exact) mass is 340 g/mol. The van der Waals surface area contributed by atoms with Gasteiger partial charge in [-0.3, -0.25) is 9.59 Å². The van der Waals surface area contributed by atoms with Crippen LogP contribution in [0.25, 0.3) is 0 Å². The summed E-state index contributed by atoms with van der Waals surface area (Å²) in [7, 11) is 0. The van der Waals surface area contributed by atoms with Crippen LogP contribution in [0.4, 0.5) is 0 Å². The Morgan fingerprint density at radius 2 is 1.80 bits per heavy atom. The van der Waals surface area contributed by atoms with Gasteiger partial charge in [0.05, 0.1) is 6.04 Å². The summed E-state index contributed by atoms with van der Waals surface area (Å²) in [5, 5.41) is 5.69. The van der Waals surface area contributed by atoms with Crippen molar-refractivity contribution in [2.45, 2.75) is 26.4 Å². The lowest BCUT2D eigenvalue weighted by Crippen LogP contribution is -2.26. The zero-order valence-corrected chi connectivity index (χ0v) is 14.2. The molecule has 1 unspecified atom stereocenters. The smallest absolute Gasteiger partial charge is 0.251 e. The predicted octanol–water partition coefficient (Wildman–Crippen LogP) is 2.54. The average Bonchev–Trinajstić information content (AvgIpc) is 3.08. The fourth-order valence-corrected chi connectivity index (χ4v) is 2.55. The number of hydrogen-bond acceptors (Lipinski definition) is 4. The third kappa shape index (κ3) is 4.09. The molecule has 0 aromatic heterocycles. The van der Waals surface area contributed by atoms with Gasteiger partial charge in [0.25, 0.3) is 5.91 Å². The number of nitrogens with one attached hydrogen (secondary N) is 2. The molecule has 6 nitrogen and oxygen atoms in total. The Balaban J connectivity index is 1.62. The van der Waals surface area contributed by atoms with E-state index in [1.165, 1.54) is 6.92 Å². The quantitative estimate of drug-likeness (QED) is 0.877. The van der Waals surface area contributed by atoms with Crippen LogP contribution in [-0.4, -0.2) is 18.6 Å². The van der Waals surface area contributed by atoms with Crippen molar-refractivity contribution in [3.63, 3.8) is 0 Å². The molecule has 0 radical (unpaired) electrons. The maximum absolute atomic E-state index is 12.4. The van der Waals surface area contributed by atoms with Crippen molar-refractivity contribution in [3.05, 3.63) is 59.2 Å². The molecule has 2 amide bonds. The van der Waals surface area contributed by atoms with Crippen LogP contribution in [-0.2, 0) is 11.3 Å². The highest BCUT2D eigenvalue weighted by atomic mass is 16.7. The van der Waals surface area contributed by atoms with Crippen LogP contribution in [0.3, 0.4) is 0 Å². The minimum absolute atomic E-state index is 0.0839. The summed E-state index contributed by atoms with van der Waals surface area (Å²) in [6, 6.07) is 12.6. The molecule has 0 aliphatic carbocycles. The second-order valence-corrected chi connectivity index (χ2v) is 5.91. The summed E-state index contributed by atoms with van der Waals surface area (Å²) in [5.41, 5.74) is 2.45. The number of hydrogen-bond donors (Lipinski definition) is 2. The molecular weight excluding hydrogens is 320 g/mol. The molecule has 25 heavy (non-hydrogen) atoms. The van der Waals surface area contributed by atoms with Crippen LogP contribution in [0.5, 0.6) is 11.5 Å². The molecule has 2 aromatic rings. The first kappa shape index (κ1) is 16.8. The predicted molar refractivity (Wildman–Crippen MR) is 92.4 cm³/mol. The van der Waals surface area contributed by atoms with Gasteiger partial charge >= 0.3 is 0 Å². The molecule has 130 valence electrons. The number of rotatable bonds is 5. The highest BCUT2D eigenvalue weighted by molar-refractivity contribution is 5.94. The Labute approximate surface area is 146 Å². The number of benzene rings is 2. The van der Waals surface area contributed by atoms with Gasteiger partial charge in [-0.15, -0.1) is 0 Å². The maximum Gasteiger partial charge on any atom is 0.251 e. The van der Waals surface area contributed by atoms with E-state index in [-0.39, 0.29) is 24.6 Å². The minimum Gasteiger partial charge on any atom is -0.454 e. The van der Waals surface area contributed by atoms with E-state index in [0.29, 0.717) is 17.9 Å². The first-order valence-corrected chi connectivity index (χ1v) is 8.07. The Morgan fingerprint density at radius 1 is 1.08 bits per heavy atom. The van der Waals surface area contributed by atoms with E-state index in [9.17, 15) is 9.59 Å². The number of ether oxygens (including phenoxy) is 2. The normalized spacial score (nSPS) is 13.2. The molecule has 0 saturated heterocycles. The highest BCUT2D eigenvalue weighted by Crippen LogP contribution is 2.34. The Kier molecular flexibility index (Phi) is 4.88. The van der Waals surface area contributed by atoms with E-state index in [0.717, 1.165) is 16.9 Å². The topological polar surface area (TPSA) is 76.7 Å². The number of carbonyl (C=O) groups excluding carboxylic acids is 2. The van der Waals surface area contributed by atoms with Crippen molar-refractivity contribution in [2.24, 2.45) is 0 Å². The molecule has 1 heterocycles. The molecule has 1 aliphatic heterocycles. The number of fused-ring (bicyclic) bond motifs is 1. The van der Waals surface area contributed by atoms with Crippen LogP contribution < -0.4 is 20.1 Å². The molecule has 3 rings (SSSR count). The first-order chi connectivity index (χ1) is 12.0. The van der Waals surface area contributed by atoms with E-state index in [1.54, 1.807) is 12.1 Å². The van der Waals surface area contributed by atoms with E-state index in [4.69, 9.17) is 9.47 Å². The van der Waals surface area contributed by atoms with Crippen molar-refractivity contribution < 1.29 is 19.1 Å². The van der Waals surface area contributed by atoms with Crippen molar-refractivity contribution in [2.75, 3.05) is 6.79 Å². The summed E-state index contributed by atoms with van der Waals surface area (Å²) < 4.78 is 10.7. The molecule has 1 atom stereocenters. The molecule has 0 saturated carbocycles. The summed E-state index contributed by atoms with van der Waals surface area (Å²) in [6.07, 6.45) is 0. The Morgan fingerprint density at radius 3 is 2.52 bits per heavy atom. The van der Waals surface area contributed by atoms with Crippen LogP contribution >= 0.6 is 0 Å². The van der Waals surface area contributed by atoms with Crippen molar-refractivity contribution in [1.82, 2.24) is 10.6 Å². The molecule has 2 N–H and O–H groups in total. The lowest BCUT2D eigenvalue weighted by molar-refractivity contribution is -0.119. The van der Waals surface area contributed by atoms with Gasteiger partial charge in [0.15, 0.2) is 11.5 Å². The van der Waals surface area contributed by atoms with Gasteiger partial charge in [-0.1, -0.05) is 18.2 Å². The highest BCUT2D eigenvalue weighted by Gasteiger charge is 2.17. The van der Waals surface area contributed by atoms with E-state index < -0.39 is 0 Å². The molecule has 2 aromatic carbocycles. The Hall–Kier alpha value is -3.02. The van der Waals surface area contributed by atoms with Gasteiger partial charge < -0.3 is 20.1 Å². The van der Waals surface area contributed by atoms with Crippen molar-refractivity contribution >= 4 is 11.8 Å². The minimum atomic E-state index is -0.166. The average molecular weight is 340 g/mol. The van der Waals surface area contributed by atoms with Gasteiger partial charge in [-0.05, 0) is 42.3 Å². The lowest BCUT2D eigenvalue weighted by Gasteiger charge is -2.15. The van der Waals surface area contributed by atoms with Crippen molar-refractivity contribution in [3.8, 4) is 11.5 Å². The summed E-state index contributed by atoms with van der Waals surface area (Å²) in [6.45, 7) is 4.06. The van der Waals surface area contributed by atoms with Gasteiger partial charge in [0.2, 0.25) is 12.7 Å². The maximum atomic E-state index is 12.4. The summed E-state index contributed by atoms with van der Waals surface area (Å²) in [5.74, 6) is 1.17. The Bertz CT molecular complexity index is 787. The van der Waals surface area contributed by atoms with Crippen LogP contribution in [0, 0.1) is 0 Å². The van der Waals surface area contributed by atoms with Gasteiger partial charge in [0, 0.05) is 19.0 Å². The largest absolute Gasteiger partial charge is 0.454 e. The molecule has 6 heteroatoms. The standard InChI is InChI=1S/C19H20N2O4/c1-12(16-7-8-17-18(9-16)25-11-24-17)21-19(23)15-5-3-14(4-6-15)10-20-13(2)22/h3-9,12H,10-11H2,1-2H3,(H,20,22)(H,21,23). The fraction of sp³-hybridized carbons (Fsp3) is 0.263. The fourth-order valence-electron chi connectivity index (χ4n) is 2.55. The SMILES string of the molecule is CC(=O)NCc1ccc(C(=O)NC(C)c2ccc3c(c2)OCO3)cc1. The second kappa shape index (κ2) is 7.25. The molecule has 0 spiro atoms. The van der Waals surface area contributed by atoms with Crippen LogP contribution in [0.15, 0.2) is 42.5 Å². The first-order valence-electron chi connectivity index (χ1n) is 8.07. The molecule has 0 bridgehead atoms. The third-order valence-electron chi connectivity index (χ3n) is 4.00. The molecular formula is C19H20N2O4. The molecule has 1 aliphatic rings.